The minimum atomic E-state index is -0.714. The third-order valence-corrected chi connectivity index (χ3v) is 4.35. The van der Waals surface area contributed by atoms with Crippen LogP contribution in [-0.2, 0) is 0 Å². The van der Waals surface area contributed by atoms with E-state index in [1.54, 1.807) is 26.8 Å². The maximum atomic E-state index is 13.1. The van der Waals surface area contributed by atoms with E-state index >= 15 is 0 Å². The Kier molecular flexibility index (Phi) is 6.23. The lowest BCUT2D eigenvalue weighted by atomic mass is 10.1. The van der Waals surface area contributed by atoms with Crippen LogP contribution in [0.15, 0.2) is 47.6 Å². The quantitative estimate of drug-likeness (QED) is 0.510. The van der Waals surface area contributed by atoms with Crippen molar-refractivity contribution in [2.45, 2.75) is 26.3 Å². The lowest BCUT2D eigenvalue weighted by Gasteiger charge is -2.41. The lowest BCUT2D eigenvalue weighted by molar-refractivity contribution is -0.0307. The van der Waals surface area contributed by atoms with Crippen LogP contribution < -0.4 is 0 Å². The van der Waals surface area contributed by atoms with Crippen LogP contribution in [0.5, 0.6) is 0 Å². The van der Waals surface area contributed by atoms with Gasteiger partial charge in [-0.1, -0.05) is 23.2 Å². The largest absolute Gasteiger partial charge is 0.274 e. The van der Waals surface area contributed by atoms with Crippen LogP contribution in [0, 0.1) is 4.91 Å². The number of hydrogen-bond acceptors (Lipinski definition) is 4. The van der Waals surface area contributed by atoms with Crippen LogP contribution in [0.3, 0.4) is 0 Å². The van der Waals surface area contributed by atoms with Crippen LogP contribution in [-0.4, -0.2) is 34.4 Å². The predicted molar refractivity (Wildman–Crippen MR) is 106 cm³/mol. The molecule has 142 valence electrons. The summed E-state index contributed by atoms with van der Waals surface area (Å²) in [6.45, 7) is 5.41. The molecule has 2 aromatic rings. The summed E-state index contributed by atoms with van der Waals surface area (Å²) in [6.07, 6.45) is 0. The molecule has 2 aromatic carbocycles. The summed E-state index contributed by atoms with van der Waals surface area (Å²) in [5.74, 6) is -0.855. The monoisotopic (exact) mass is 407 g/mol. The summed E-state index contributed by atoms with van der Waals surface area (Å²) >= 11 is 12.1. The van der Waals surface area contributed by atoms with Gasteiger partial charge >= 0.3 is 0 Å². The molecule has 0 saturated heterocycles. The lowest BCUT2D eigenvalue weighted by Crippen LogP contribution is -2.56. The van der Waals surface area contributed by atoms with Crippen molar-refractivity contribution in [1.82, 2.24) is 10.0 Å². The molecular weight excluding hydrogens is 389 g/mol. The van der Waals surface area contributed by atoms with Crippen LogP contribution >= 0.6 is 23.2 Å². The van der Waals surface area contributed by atoms with Crippen molar-refractivity contribution in [2.24, 2.45) is 5.18 Å². The van der Waals surface area contributed by atoms with Gasteiger partial charge in [0.05, 0.1) is 16.1 Å². The van der Waals surface area contributed by atoms with Gasteiger partial charge in [0, 0.05) is 17.6 Å². The van der Waals surface area contributed by atoms with Crippen molar-refractivity contribution in [3.8, 4) is 0 Å². The first kappa shape index (κ1) is 20.9. The molecule has 0 aromatic heterocycles. The second kappa shape index (κ2) is 8.06. The number of nitroso groups, excluding NO2 is 1. The molecule has 0 heterocycles. The fraction of sp³-hybridized carbons (Fsp3) is 0.263. The van der Waals surface area contributed by atoms with Crippen LogP contribution in [0.2, 0.25) is 10.0 Å². The van der Waals surface area contributed by atoms with Gasteiger partial charge in [0.2, 0.25) is 0 Å². The molecule has 0 unspecified atom stereocenters. The zero-order valence-corrected chi connectivity index (χ0v) is 16.9. The highest BCUT2D eigenvalue weighted by Gasteiger charge is 2.34. The highest BCUT2D eigenvalue weighted by molar-refractivity contribution is 6.36. The molecule has 0 saturated carbocycles. The molecule has 0 spiro atoms. The number of carbonyl (C=O) groups is 2. The van der Waals surface area contributed by atoms with Crippen LogP contribution in [0.4, 0.5) is 5.69 Å². The first-order chi connectivity index (χ1) is 12.6. The summed E-state index contributed by atoms with van der Waals surface area (Å²) in [7, 11) is 1.50. The highest BCUT2D eigenvalue weighted by atomic mass is 35.5. The topological polar surface area (TPSA) is 70.1 Å². The van der Waals surface area contributed by atoms with E-state index in [2.05, 4.69) is 5.18 Å². The number of nitrogens with zero attached hydrogens (tertiary/aromatic N) is 3. The first-order valence-electron chi connectivity index (χ1n) is 8.07. The number of benzene rings is 2. The zero-order chi connectivity index (χ0) is 20.4. The molecule has 0 aliphatic heterocycles. The van der Waals surface area contributed by atoms with Crippen molar-refractivity contribution >= 4 is 40.7 Å². The van der Waals surface area contributed by atoms with Gasteiger partial charge in [0.1, 0.15) is 5.69 Å². The normalized spacial score (nSPS) is 11.0. The van der Waals surface area contributed by atoms with Gasteiger partial charge in [0.15, 0.2) is 0 Å². The summed E-state index contributed by atoms with van der Waals surface area (Å²) in [4.78, 5) is 36.6. The van der Waals surface area contributed by atoms with E-state index in [0.29, 0.717) is 10.6 Å². The second-order valence-electron chi connectivity index (χ2n) is 6.88. The van der Waals surface area contributed by atoms with Crippen molar-refractivity contribution < 1.29 is 9.59 Å². The van der Waals surface area contributed by atoms with E-state index in [1.165, 1.54) is 53.5 Å². The Morgan fingerprint density at radius 3 is 2.04 bits per heavy atom. The average Bonchev–Trinajstić information content (AvgIpc) is 2.59. The van der Waals surface area contributed by atoms with Gasteiger partial charge in [0.25, 0.3) is 11.8 Å². The molecule has 0 radical (unpaired) electrons. The summed E-state index contributed by atoms with van der Waals surface area (Å²) < 4.78 is 0. The van der Waals surface area contributed by atoms with E-state index in [0.717, 1.165) is 0 Å². The van der Waals surface area contributed by atoms with Crippen molar-refractivity contribution in [2.75, 3.05) is 7.05 Å². The van der Waals surface area contributed by atoms with Gasteiger partial charge < -0.3 is 0 Å². The Morgan fingerprint density at radius 1 is 0.963 bits per heavy atom. The third-order valence-electron chi connectivity index (χ3n) is 3.80. The van der Waals surface area contributed by atoms with E-state index in [9.17, 15) is 14.5 Å². The molecule has 0 aliphatic rings. The Hall–Kier alpha value is -2.44. The SMILES string of the molecule is CN(C(=O)c1ccc(N=O)cc1)N(C(=O)c1ccc(Cl)cc1Cl)C(C)(C)C. The fourth-order valence-electron chi connectivity index (χ4n) is 2.61. The Balaban J connectivity index is 2.41. The molecule has 0 fully saturated rings. The molecule has 0 bridgehead atoms. The average molecular weight is 408 g/mol. The van der Waals surface area contributed by atoms with Gasteiger partial charge in [-0.2, -0.15) is 0 Å². The maximum absolute atomic E-state index is 13.1. The number of amides is 2. The van der Waals surface area contributed by atoms with Crippen molar-refractivity contribution in [3.63, 3.8) is 0 Å². The minimum Gasteiger partial charge on any atom is -0.267 e. The van der Waals surface area contributed by atoms with E-state index in [1.807, 2.05) is 0 Å². The van der Waals surface area contributed by atoms with E-state index in [-0.39, 0.29) is 16.3 Å². The molecule has 0 aliphatic carbocycles. The number of rotatable bonds is 3. The molecular formula is C19H19Cl2N3O3. The van der Waals surface area contributed by atoms with E-state index < -0.39 is 17.4 Å². The zero-order valence-electron chi connectivity index (χ0n) is 15.4. The standard InChI is InChI=1S/C19H19Cl2N3O3/c1-19(2,3)24(18(26)15-10-7-13(20)11-16(15)21)23(4)17(25)12-5-8-14(22-27)9-6-12/h5-11H,1-4H3. The van der Waals surface area contributed by atoms with Gasteiger partial charge in [-0.15, -0.1) is 4.91 Å². The first-order valence-corrected chi connectivity index (χ1v) is 8.83. The molecule has 27 heavy (non-hydrogen) atoms. The molecule has 6 nitrogen and oxygen atoms in total. The number of hydrogen-bond donors (Lipinski definition) is 0. The highest BCUT2D eigenvalue weighted by Crippen LogP contribution is 2.27. The van der Waals surface area contributed by atoms with Crippen LogP contribution in [0.1, 0.15) is 41.5 Å². The molecule has 2 amide bonds. The summed E-state index contributed by atoms with van der Waals surface area (Å²) in [5, 5.41) is 5.98. The van der Waals surface area contributed by atoms with Gasteiger partial charge in [-0.3, -0.25) is 9.59 Å². The Labute approximate surface area is 167 Å². The molecule has 8 heteroatoms. The number of carbonyl (C=O) groups excluding carboxylic acids is 2. The fourth-order valence-corrected chi connectivity index (χ4v) is 3.10. The van der Waals surface area contributed by atoms with E-state index in [4.69, 9.17) is 23.2 Å². The summed E-state index contributed by atoms with van der Waals surface area (Å²) in [6, 6.07) is 10.4. The smallest absolute Gasteiger partial charge is 0.267 e. The molecule has 0 atom stereocenters. The third kappa shape index (κ3) is 4.64. The minimum absolute atomic E-state index is 0.198. The van der Waals surface area contributed by atoms with Crippen molar-refractivity contribution in [3.05, 3.63) is 68.5 Å². The Bertz CT molecular complexity index is 877. The van der Waals surface area contributed by atoms with Crippen LogP contribution in [0.25, 0.3) is 0 Å². The molecule has 2 rings (SSSR count). The molecule has 0 N–H and O–H groups in total. The number of halogens is 2. The predicted octanol–water partition coefficient (Wildman–Crippen LogP) is 5.32. The second-order valence-corrected chi connectivity index (χ2v) is 7.72. The maximum Gasteiger partial charge on any atom is 0.274 e. The van der Waals surface area contributed by atoms with Gasteiger partial charge in [-0.25, -0.2) is 10.0 Å². The van der Waals surface area contributed by atoms with Gasteiger partial charge in [-0.05, 0) is 68.4 Å². The Morgan fingerprint density at radius 2 is 1.56 bits per heavy atom. The number of hydrazine groups is 1. The van der Waals surface area contributed by atoms with Crippen molar-refractivity contribution in [1.29, 1.82) is 0 Å². The summed E-state index contributed by atoms with van der Waals surface area (Å²) in [5.41, 5.74) is 0.0468.